The van der Waals surface area contributed by atoms with Crippen molar-refractivity contribution < 1.29 is 4.79 Å². The van der Waals surface area contributed by atoms with Crippen molar-refractivity contribution in [3.05, 3.63) is 0 Å². The zero-order valence-corrected chi connectivity index (χ0v) is 5.56. The van der Waals surface area contributed by atoms with Gasteiger partial charge in [-0.25, -0.2) is 0 Å². The van der Waals surface area contributed by atoms with Crippen molar-refractivity contribution in [2.75, 3.05) is 7.05 Å². The molecule has 1 radical (unpaired) electrons. The Morgan fingerprint density at radius 3 is 2.00 bits per heavy atom. The first-order valence-electron chi connectivity index (χ1n) is 2.77. The van der Waals surface area contributed by atoms with Gasteiger partial charge in [0, 0.05) is 0 Å². The zero-order valence-electron chi connectivity index (χ0n) is 5.56. The van der Waals surface area contributed by atoms with Crippen LogP contribution in [0.25, 0.3) is 0 Å². The van der Waals surface area contributed by atoms with E-state index >= 15 is 0 Å². The van der Waals surface area contributed by atoms with E-state index in [9.17, 15) is 4.79 Å². The summed E-state index contributed by atoms with van der Waals surface area (Å²) in [6, 6.07) is -0.102. The van der Waals surface area contributed by atoms with E-state index in [1.165, 1.54) is 0 Å². The minimum Gasteiger partial charge on any atom is -0.310 e. The molecule has 1 atom stereocenters. The maximum Gasteiger partial charge on any atom is 0.217 e. The molecule has 47 valence electrons. The molecule has 0 spiro atoms. The molecule has 0 aromatic heterocycles. The van der Waals surface area contributed by atoms with Gasteiger partial charge < -0.3 is 5.32 Å². The van der Waals surface area contributed by atoms with Gasteiger partial charge in [-0.15, -0.1) is 0 Å². The molecule has 0 saturated heterocycles. The molecule has 0 aromatic rings. The molecule has 0 fully saturated rings. The summed E-state index contributed by atoms with van der Waals surface area (Å²) >= 11 is 0. The van der Waals surface area contributed by atoms with Gasteiger partial charge in [-0.1, -0.05) is 13.8 Å². The molecule has 0 aliphatic heterocycles. The molecular formula is C6H12NO. The van der Waals surface area contributed by atoms with Gasteiger partial charge in [0.2, 0.25) is 6.29 Å². The Balaban J connectivity index is 3.51. The molecule has 0 rings (SSSR count). The van der Waals surface area contributed by atoms with Crippen LogP contribution in [0.2, 0.25) is 0 Å². The molecule has 1 N–H and O–H groups in total. The van der Waals surface area contributed by atoms with Crippen molar-refractivity contribution in [2.24, 2.45) is 5.92 Å². The Bertz CT molecular complexity index is 70.9. The number of hydrogen-bond acceptors (Lipinski definition) is 2. The standard InChI is InChI=1S/C6H12NO/c1-5(2)6(4-8)7-3/h5-7H,1-3H3/t6-/m0/s1. The first-order chi connectivity index (χ1) is 3.72. The minimum atomic E-state index is -0.102. The third-order valence-electron chi connectivity index (χ3n) is 1.10. The van der Waals surface area contributed by atoms with Crippen LogP contribution in [0.1, 0.15) is 13.8 Å². The second kappa shape index (κ2) is 3.61. The highest BCUT2D eigenvalue weighted by molar-refractivity contribution is 5.58. The Hall–Kier alpha value is -0.370. The fourth-order valence-corrected chi connectivity index (χ4v) is 0.528. The van der Waals surface area contributed by atoms with Crippen molar-refractivity contribution in [2.45, 2.75) is 19.9 Å². The van der Waals surface area contributed by atoms with Crippen LogP contribution in [0.15, 0.2) is 0 Å². The normalized spacial score (nSPS) is 14.0. The molecule has 0 aliphatic rings. The maximum absolute atomic E-state index is 9.99. The van der Waals surface area contributed by atoms with Gasteiger partial charge in [0.1, 0.15) is 0 Å². The molecule has 0 amide bonds. The van der Waals surface area contributed by atoms with Crippen LogP contribution in [0.3, 0.4) is 0 Å². The summed E-state index contributed by atoms with van der Waals surface area (Å²) in [6.07, 6.45) is 1.89. The fourth-order valence-electron chi connectivity index (χ4n) is 0.528. The van der Waals surface area contributed by atoms with Crippen LogP contribution in [-0.4, -0.2) is 19.4 Å². The van der Waals surface area contributed by atoms with Gasteiger partial charge in [0.05, 0.1) is 6.04 Å². The number of rotatable bonds is 3. The van der Waals surface area contributed by atoms with Crippen LogP contribution >= 0.6 is 0 Å². The second-order valence-electron chi connectivity index (χ2n) is 2.13. The van der Waals surface area contributed by atoms with Gasteiger partial charge in [0.15, 0.2) is 0 Å². The molecular weight excluding hydrogens is 102 g/mol. The van der Waals surface area contributed by atoms with Gasteiger partial charge in [-0.05, 0) is 13.0 Å². The minimum absolute atomic E-state index is 0.102. The highest BCUT2D eigenvalue weighted by Crippen LogP contribution is 1.95. The van der Waals surface area contributed by atoms with E-state index in [2.05, 4.69) is 5.32 Å². The largest absolute Gasteiger partial charge is 0.310 e. The summed E-state index contributed by atoms with van der Waals surface area (Å²) in [6.45, 7) is 3.96. The van der Waals surface area contributed by atoms with Gasteiger partial charge in [-0.2, -0.15) is 0 Å². The fraction of sp³-hybridized carbons (Fsp3) is 0.833. The number of carbonyl (C=O) groups excluding carboxylic acids is 1. The van der Waals surface area contributed by atoms with Crippen LogP contribution in [0, 0.1) is 5.92 Å². The Morgan fingerprint density at radius 1 is 1.50 bits per heavy atom. The lowest BCUT2D eigenvalue weighted by atomic mass is 10.1. The van der Waals surface area contributed by atoms with E-state index in [4.69, 9.17) is 0 Å². The summed E-state index contributed by atoms with van der Waals surface area (Å²) in [5, 5.41) is 2.83. The lowest BCUT2D eigenvalue weighted by molar-refractivity contribution is 0.471. The molecule has 2 heteroatoms. The third kappa shape index (κ3) is 2.07. The topological polar surface area (TPSA) is 29.1 Å². The van der Waals surface area contributed by atoms with Crippen molar-refractivity contribution in [3.8, 4) is 0 Å². The van der Waals surface area contributed by atoms with E-state index < -0.39 is 0 Å². The quantitative estimate of drug-likeness (QED) is 0.573. The second-order valence-corrected chi connectivity index (χ2v) is 2.13. The predicted molar refractivity (Wildman–Crippen MR) is 33.4 cm³/mol. The number of likely N-dealkylation sites (N-methyl/N-ethyl adjacent to an activating group) is 1. The number of hydrogen-bond donors (Lipinski definition) is 1. The highest BCUT2D eigenvalue weighted by atomic mass is 16.1. The Labute approximate surface area is 50.3 Å². The average molecular weight is 114 g/mol. The van der Waals surface area contributed by atoms with E-state index in [0.717, 1.165) is 0 Å². The highest BCUT2D eigenvalue weighted by Gasteiger charge is 2.08. The summed E-state index contributed by atoms with van der Waals surface area (Å²) < 4.78 is 0. The van der Waals surface area contributed by atoms with Gasteiger partial charge in [0.25, 0.3) is 0 Å². The smallest absolute Gasteiger partial charge is 0.217 e. The average Bonchev–Trinajstić information content (AvgIpc) is 1.69. The van der Waals surface area contributed by atoms with E-state index in [1.54, 1.807) is 7.05 Å². The van der Waals surface area contributed by atoms with Crippen molar-refractivity contribution >= 4 is 6.29 Å². The van der Waals surface area contributed by atoms with Gasteiger partial charge in [-0.3, -0.25) is 4.79 Å². The van der Waals surface area contributed by atoms with Gasteiger partial charge >= 0.3 is 0 Å². The van der Waals surface area contributed by atoms with E-state index in [1.807, 2.05) is 20.1 Å². The van der Waals surface area contributed by atoms with E-state index in [-0.39, 0.29) is 6.04 Å². The molecule has 0 saturated carbocycles. The SMILES string of the molecule is CN[C@@H]([C]=O)C(C)C. The number of nitrogens with one attached hydrogen (secondary N) is 1. The molecule has 0 aliphatic carbocycles. The monoisotopic (exact) mass is 114 g/mol. The first kappa shape index (κ1) is 7.63. The lowest BCUT2D eigenvalue weighted by Gasteiger charge is -2.10. The van der Waals surface area contributed by atoms with Crippen LogP contribution in [0.5, 0.6) is 0 Å². The van der Waals surface area contributed by atoms with Crippen LogP contribution < -0.4 is 5.32 Å². The predicted octanol–water partition coefficient (Wildman–Crippen LogP) is 0.340. The Morgan fingerprint density at radius 2 is 2.00 bits per heavy atom. The van der Waals surface area contributed by atoms with Crippen molar-refractivity contribution in [1.82, 2.24) is 5.32 Å². The maximum atomic E-state index is 9.99. The molecule has 0 bridgehead atoms. The molecule has 0 aromatic carbocycles. The van der Waals surface area contributed by atoms with E-state index in [0.29, 0.717) is 5.92 Å². The van der Waals surface area contributed by atoms with Crippen LogP contribution in [-0.2, 0) is 4.79 Å². The summed E-state index contributed by atoms with van der Waals surface area (Å²) in [7, 11) is 1.76. The first-order valence-corrected chi connectivity index (χ1v) is 2.77. The molecule has 0 heterocycles. The molecule has 2 nitrogen and oxygen atoms in total. The van der Waals surface area contributed by atoms with Crippen molar-refractivity contribution in [3.63, 3.8) is 0 Å². The summed E-state index contributed by atoms with van der Waals surface area (Å²) in [4.78, 5) is 9.99. The molecule has 0 unspecified atom stereocenters. The van der Waals surface area contributed by atoms with Crippen LogP contribution in [0.4, 0.5) is 0 Å². The lowest BCUT2D eigenvalue weighted by Crippen LogP contribution is -2.31. The summed E-state index contributed by atoms with van der Waals surface area (Å²) in [5.74, 6) is 0.345. The Kier molecular flexibility index (Phi) is 3.44. The summed E-state index contributed by atoms with van der Waals surface area (Å²) in [5.41, 5.74) is 0. The zero-order chi connectivity index (χ0) is 6.57. The van der Waals surface area contributed by atoms with Crippen molar-refractivity contribution in [1.29, 1.82) is 0 Å². The molecule has 8 heavy (non-hydrogen) atoms. The third-order valence-corrected chi connectivity index (χ3v) is 1.10.